The van der Waals surface area contributed by atoms with Crippen LogP contribution in [0.15, 0.2) is 30.9 Å². The number of nitrogens with zero attached hydrogens (tertiary/aromatic N) is 3. The number of hydrogen-bond donors (Lipinski definition) is 1. The molecule has 2 unspecified atom stereocenters. The molecule has 0 aliphatic carbocycles. The molecule has 0 radical (unpaired) electrons. The Kier molecular flexibility index (Phi) is 6.93. The summed E-state index contributed by atoms with van der Waals surface area (Å²) >= 11 is 5.76. The molecule has 1 aromatic heterocycles. The predicted molar refractivity (Wildman–Crippen MR) is 94.8 cm³/mol. The van der Waals surface area contributed by atoms with Crippen LogP contribution < -0.4 is 0 Å². The van der Waals surface area contributed by atoms with E-state index in [1.165, 1.54) is 12.4 Å². The Morgan fingerprint density at radius 2 is 2.12 bits per heavy atom. The van der Waals surface area contributed by atoms with E-state index in [0.717, 1.165) is 0 Å². The first kappa shape index (κ1) is 19.8. The van der Waals surface area contributed by atoms with Crippen molar-refractivity contribution in [2.24, 2.45) is 5.41 Å². The minimum atomic E-state index is -0.570. The van der Waals surface area contributed by atoms with E-state index in [9.17, 15) is 9.50 Å². The zero-order valence-corrected chi connectivity index (χ0v) is 15.6. The number of aliphatic hydroxyl groups is 1. The van der Waals surface area contributed by atoms with E-state index < -0.39 is 11.9 Å². The van der Waals surface area contributed by atoms with Gasteiger partial charge in [-0.25, -0.2) is 14.1 Å². The number of ether oxygens (including phenoxy) is 1. The van der Waals surface area contributed by atoms with E-state index in [2.05, 4.69) is 10.1 Å². The van der Waals surface area contributed by atoms with Crippen LogP contribution in [-0.4, -0.2) is 32.6 Å². The van der Waals surface area contributed by atoms with Crippen molar-refractivity contribution in [2.45, 2.75) is 52.4 Å². The molecule has 2 aromatic rings. The normalized spacial score (nSPS) is 14.5. The maximum atomic E-state index is 13.8. The van der Waals surface area contributed by atoms with Crippen molar-refractivity contribution >= 4 is 11.6 Å². The van der Waals surface area contributed by atoms with Crippen molar-refractivity contribution in [3.8, 4) is 0 Å². The molecule has 0 bridgehead atoms. The van der Waals surface area contributed by atoms with Crippen molar-refractivity contribution in [2.75, 3.05) is 6.61 Å². The van der Waals surface area contributed by atoms with Gasteiger partial charge in [0.15, 0.2) is 0 Å². The number of halogens is 2. The van der Waals surface area contributed by atoms with Crippen LogP contribution >= 0.6 is 11.6 Å². The topological polar surface area (TPSA) is 60.2 Å². The smallest absolute Gasteiger partial charge is 0.147 e. The molecule has 0 saturated carbocycles. The van der Waals surface area contributed by atoms with Crippen molar-refractivity contribution < 1.29 is 14.2 Å². The molecule has 2 rings (SSSR count). The first-order valence-corrected chi connectivity index (χ1v) is 8.71. The summed E-state index contributed by atoms with van der Waals surface area (Å²) in [5.74, 6) is -0.437. The number of aliphatic hydroxyl groups excluding tert-OH is 1. The first-order valence-electron chi connectivity index (χ1n) is 8.33. The van der Waals surface area contributed by atoms with Gasteiger partial charge in [-0.3, -0.25) is 0 Å². The molecule has 0 fully saturated rings. The number of rotatable bonds is 8. The van der Waals surface area contributed by atoms with E-state index in [1.807, 2.05) is 20.8 Å². The maximum Gasteiger partial charge on any atom is 0.147 e. The van der Waals surface area contributed by atoms with Crippen LogP contribution in [0.3, 0.4) is 0 Å². The molecule has 0 spiro atoms. The van der Waals surface area contributed by atoms with Gasteiger partial charge in [-0.15, -0.1) is 0 Å². The molecule has 1 aromatic carbocycles. The fourth-order valence-corrected chi connectivity index (χ4v) is 2.83. The average Bonchev–Trinajstić information content (AvgIpc) is 3.07. The second kappa shape index (κ2) is 8.74. The van der Waals surface area contributed by atoms with Gasteiger partial charge in [0.05, 0.1) is 23.8 Å². The highest BCUT2D eigenvalue weighted by molar-refractivity contribution is 6.30. The van der Waals surface area contributed by atoms with Gasteiger partial charge < -0.3 is 9.84 Å². The van der Waals surface area contributed by atoms with Gasteiger partial charge in [0.1, 0.15) is 18.5 Å². The van der Waals surface area contributed by atoms with Crippen LogP contribution in [0.4, 0.5) is 4.39 Å². The van der Waals surface area contributed by atoms with Crippen LogP contribution in [-0.2, 0) is 11.3 Å². The highest BCUT2D eigenvalue weighted by Crippen LogP contribution is 2.30. The fourth-order valence-electron chi connectivity index (χ4n) is 2.64. The predicted octanol–water partition coefficient (Wildman–Crippen LogP) is 4.02. The molecule has 0 saturated heterocycles. The van der Waals surface area contributed by atoms with Crippen LogP contribution in [0, 0.1) is 11.2 Å². The molecule has 7 heteroatoms. The molecule has 2 atom stereocenters. The molecule has 0 aliphatic rings. The summed E-state index contributed by atoms with van der Waals surface area (Å²) in [6.45, 7) is 6.58. The fraction of sp³-hybridized carbons (Fsp3) is 0.556. The zero-order valence-electron chi connectivity index (χ0n) is 14.8. The van der Waals surface area contributed by atoms with Gasteiger partial charge in [0, 0.05) is 12.2 Å². The Morgan fingerprint density at radius 1 is 1.36 bits per heavy atom. The van der Waals surface area contributed by atoms with Crippen LogP contribution in [0.2, 0.25) is 5.02 Å². The van der Waals surface area contributed by atoms with E-state index in [0.29, 0.717) is 25.0 Å². The maximum absolute atomic E-state index is 13.8. The van der Waals surface area contributed by atoms with Crippen LogP contribution in [0.25, 0.3) is 0 Å². The Bertz CT molecular complexity index is 659. The molecule has 1 heterocycles. The molecule has 1 N–H and O–H groups in total. The van der Waals surface area contributed by atoms with Crippen LogP contribution in [0.1, 0.15) is 45.2 Å². The lowest BCUT2D eigenvalue weighted by molar-refractivity contribution is 0.00495. The molecule has 0 amide bonds. The van der Waals surface area contributed by atoms with Crippen LogP contribution in [0.5, 0.6) is 0 Å². The summed E-state index contributed by atoms with van der Waals surface area (Å²) in [7, 11) is 0. The van der Waals surface area contributed by atoms with Gasteiger partial charge in [-0.1, -0.05) is 44.5 Å². The van der Waals surface area contributed by atoms with Gasteiger partial charge >= 0.3 is 0 Å². The minimum Gasteiger partial charge on any atom is -0.390 e. The summed E-state index contributed by atoms with van der Waals surface area (Å²) in [5.41, 5.74) is 0.163. The number of aromatic nitrogens is 3. The molecule has 5 nitrogen and oxygen atoms in total. The summed E-state index contributed by atoms with van der Waals surface area (Å²) in [4.78, 5) is 3.96. The lowest BCUT2D eigenvalue weighted by atomic mass is 9.83. The van der Waals surface area contributed by atoms with Crippen molar-refractivity contribution in [3.63, 3.8) is 0 Å². The molecule has 138 valence electrons. The summed E-state index contributed by atoms with van der Waals surface area (Å²) in [6.07, 6.45) is 3.89. The van der Waals surface area contributed by atoms with Crippen molar-refractivity contribution in [1.82, 2.24) is 14.8 Å². The lowest BCUT2D eigenvalue weighted by Crippen LogP contribution is -2.36. The molecular formula is C18H25ClFN3O2. The first-order chi connectivity index (χ1) is 11.8. The monoisotopic (exact) mass is 369 g/mol. The third-order valence-corrected chi connectivity index (χ3v) is 4.40. The Hall–Kier alpha value is -1.50. The largest absolute Gasteiger partial charge is 0.390 e. The Morgan fingerprint density at radius 3 is 2.76 bits per heavy atom. The van der Waals surface area contributed by atoms with Gasteiger partial charge in [0.25, 0.3) is 0 Å². The quantitative estimate of drug-likeness (QED) is 0.714. The van der Waals surface area contributed by atoms with Gasteiger partial charge in [-0.05, 0) is 24.3 Å². The average molecular weight is 370 g/mol. The third kappa shape index (κ3) is 5.49. The van der Waals surface area contributed by atoms with E-state index in [1.54, 1.807) is 23.1 Å². The number of benzene rings is 1. The van der Waals surface area contributed by atoms with Crippen molar-refractivity contribution in [1.29, 1.82) is 0 Å². The Balaban J connectivity index is 1.86. The lowest BCUT2D eigenvalue weighted by Gasteiger charge is -2.33. The minimum absolute atomic E-state index is 0.0978. The molecule has 0 aliphatic heterocycles. The molecular weight excluding hydrogens is 345 g/mol. The SMILES string of the molecule is CC(C)(C)C(O)C(CCCOCc1cccc(Cl)c1F)n1cncn1. The van der Waals surface area contributed by atoms with Gasteiger partial charge in [0.2, 0.25) is 0 Å². The van der Waals surface area contributed by atoms with Crippen molar-refractivity contribution in [3.05, 3.63) is 47.3 Å². The highest BCUT2D eigenvalue weighted by Gasteiger charge is 2.31. The standard InChI is InChI=1S/C18H25ClFN3O2/c1-18(2,3)17(24)15(23-12-21-11-22-23)8-5-9-25-10-13-6-4-7-14(19)16(13)20/h4,6-7,11-12,15,17,24H,5,8-10H2,1-3H3. The van der Waals surface area contributed by atoms with E-state index in [-0.39, 0.29) is 23.1 Å². The summed E-state index contributed by atoms with van der Waals surface area (Å²) < 4.78 is 21.0. The molecule has 25 heavy (non-hydrogen) atoms. The Labute approximate surface area is 152 Å². The summed E-state index contributed by atoms with van der Waals surface area (Å²) in [5, 5.41) is 14.9. The van der Waals surface area contributed by atoms with E-state index >= 15 is 0 Å². The van der Waals surface area contributed by atoms with Gasteiger partial charge in [-0.2, -0.15) is 5.10 Å². The van der Waals surface area contributed by atoms with E-state index in [4.69, 9.17) is 16.3 Å². The number of hydrogen-bond acceptors (Lipinski definition) is 4. The third-order valence-electron chi connectivity index (χ3n) is 4.11. The second-order valence-corrected chi connectivity index (χ2v) is 7.57. The highest BCUT2D eigenvalue weighted by atomic mass is 35.5. The second-order valence-electron chi connectivity index (χ2n) is 7.16. The summed E-state index contributed by atoms with van der Waals surface area (Å²) in [6, 6.07) is 4.68. The zero-order chi connectivity index (χ0) is 18.4.